The number of amides is 2. The predicted molar refractivity (Wildman–Crippen MR) is 107 cm³/mol. The Morgan fingerprint density at radius 1 is 1.29 bits per heavy atom. The van der Waals surface area contributed by atoms with Gasteiger partial charge < -0.3 is 20.1 Å². The quantitative estimate of drug-likeness (QED) is 0.807. The Labute approximate surface area is 165 Å². The number of rotatable bonds is 6. The van der Waals surface area contributed by atoms with E-state index in [-0.39, 0.29) is 18.6 Å². The van der Waals surface area contributed by atoms with Gasteiger partial charge in [0.1, 0.15) is 11.8 Å². The van der Waals surface area contributed by atoms with E-state index >= 15 is 0 Å². The van der Waals surface area contributed by atoms with Crippen LogP contribution in [0.5, 0.6) is 5.75 Å². The number of likely N-dealkylation sites (tertiary alicyclic amines) is 1. The number of aliphatic hydroxyl groups excluding tert-OH is 1. The van der Waals surface area contributed by atoms with Crippen molar-refractivity contribution in [1.29, 1.82) is 5.26 Å². The van der Waals surface area contributed by atoms with Crippen LogP contribution in [0.3, 0.4) is 0 Å². The fourth-order valence-corrected chi connectivity index (χ4v) is 3.82. The first-order valence-electron chi connectivity index (χ1n) is 9.46. The van der Waals surface area contributed by atoms with Gasteiger partial charge in [0.15, 0.2) is 0 Å². The maximum Gasteiger partial charge on any atom is 0.318 e. The average Bonchev–Trinajstić information content (AvgIpc) is 2.72. The van der Waals surface area contributed by atoms with E-state index in [0.29, 0.717) is 6.54 Å². The van der Waals surface area contributed by atoms with Crippen molar-refractivity contribution in [2.45, 2.75) is 31.3 Å². The summed E-state index contributed by atoms with van der Waals surface area (Å²) in [4.78, 5) is 13.9. The monoisotopic (exact) mass is 379 g/mol. The van der Waals surface area contributed by atoms with E-state index in [1.54, 1.807) is 7.11 Å². The minimum Gasteiger partial charge on any atom is -0.497 e. The van der Waals surface area contributed by atoms with Crippen LogP contribution >= 0.6 is 0 Å². The molecular weight excluding hydrogens is 354 g/mol. The number of nitriles is 1. The number of hydrogen-bond donors (Lipinski definition) is 2. The number of ether oxygens (including phenoxy) is 1. The molecule has 0 spiro atoms. The Morgan fingerprint density at radius 3 is 2.75 bits per heavy atom. The van der Waals surface area contributed by atoms with Crippen LogP contribution in [0.2, 0.25) is 0 Å². The summed E-state index contributed by atoms with van der Waals surface area (Å²) in [6, 6.07) is 16.4. The van der Waals surface area contributed by atoms with E-state index in [9.17, 15) is 15.2 Å². The van der Waals surface area contributed by atoms with Gasteiger partial charge in [0, 0.05) is 12.5 Å². The van der Waals surface area contributed by atoms with Crippen LogP contribution in [0.4, 0.5) is 4.79 Å². The summed E-state index contributed by atoms with van der Waals surface area (Å²) < 4.78 is 5.33. The Morgan fingerprint density at radius 2 is 2.07 bits per heavy atom. The number of carbonyl (C=O) groups is 1. The van der Waals surface area contributed by atoms with Crippen molar-refractivity contribution < 1.29 is 14.6 Å². The molecule has 3 atom stereocenters. The summed E-state index contributed by atoms with van der Waals surface area (Å²) in [6.45, 7) is 2.31. The lowest BCUT2D eigenvalue weighted by Crippen LogP contribution is -2.67. The molecule has 1 heterocycles. The Bertz CT molecular complexity index is 877. The normalized spacial score (nSPS) is 20.8. The number of nitrogens with zero attached hydrogens (tertiary/aromatic N) is 2. The molecule has 2 aromatic rings. The minimum absolute atomic E-state index is 0.200. The fourth-order valence-electron chi connectivity index (χ4n) is 3.82. The summed E-state index contributed by atoms with van der Waals surface area (Å²) in [6.07, 6.45) is 0.808. The number of methoxy groups -OCH3 is 1. The van der Waals surface area contributed by atoms with E-state index in [1.807, 2.05) is 55.5 Å². The number of urea groups is 1. The molecule has 0 aromatic heterocycles. The standard InChI is InChI=1S/C22H25N3O3/c1-3-11-24-22(27)25-19(13-23)21(20(25)14-26)18-10-5-4-9-17(18)15-7-6-8-16(12-15)28-2/h4-10,12,19-21,26H,3,11,14H2,1-2H3,(H,24,27)/t19-,20+,21+/m0/s1. The van der Waals surface area contributed by atoms with Crippen LogP contribution in [0.1, 0.15) is 24.8 Å². The zero-order valence-electron chi connectivity index (χ0n) is 16.1. The fraction of sp³-hybridized carbons (Fsp3) is 0.364. The molecule has 1 aliphatic rings. The van der Waals surface area contributed by atoms with Gasteiger partial charge in [-0.05, 0) is 35.2 Å². The highest BCUT2D eigenvalue weighted by Crippen LogP contribution is 2.44. The minimum atomic E-state index is -0.624. The van der Waals surface area contributed by atoms with Gasteiger partial charge in [-0.25, -0.2) is 4.79 Å². The lowest BCUT2D eigenvalue weighted by molar-refractivity contribution is 0.0171. The van der Waals surface area contributed by atoms with Crippen molar-refractivity contribution >= 4 is 6.03 Å². The second-order valence-corrected chi connectivity index (χ2v) is 6.81. The highest BCUT2D eigenvalue weighted by atomic mass is 16.5. The molecule has 1 aliphatic heterocycles. The Kier molecular flexibility index (Phi) is 6.17. The molecule has 1 saturated heterocycles. The first kappa shape index (κ1) is 19.7. The second-order valence-electron chi connectivity index (χ2n) is 6.81. The molecule has 6 heteroatoms. The van der Waals surface area contributed by atoms with Crippen molar-refractivity contribution in [3.8, 4) is 22.9 Å². The molecule has 0 bridgehead atoms. The zero-order chi connectivity index (χ0) is 20.1. The molecule has 0 unspecified atom stereocenters. The molecule has 1 fully saturated rings. The number of hydrogen-bond acceptors (Lipinski definition) is 4. The van der Waals surface area contributed by atoms with Crippen LogP contribution < -0.4 is 10.1 Å². The zero-order valence-corrected chi connectivity index (χ0v) is 16.1. The van der Waals surface area contributed by atoms with Crippen molar-refractivity contribution in [2.75, 3.05) is 20.3 Å². The maximum atomic E-state index is 12.5. The van der Waals surface area contributed by atoms with Gasteiger partial charge in [-0.2, -0.15) is 5.26 Å². The number of nitrogens with one attached hydrogen (secondary N) is 1. The molecule has 0 radical (unpaired) electrons. The lowest BCUT2D eigenvalue weighted by Gasteiger charge is -2.51. The molecule has 146 valence electrons. The summed E-state index contributed by atoms with van der Waals surface area (Å²) in [5.74, 6) is 0.488. The highest BCUT2D eigenvalue weighted by Gasteiger charge is 2.52. The van der Waals surface area contributed by atoms with E-state index in [2.05, 4.69) is 11.4 Å². The van der Waals surface area contributed by atoms with E-state index in [1.165, 1.54) is 4.90 Å². The topological polar surface area (TPSA) is 85.6 Å². The van der Waals surface area contributed by atoms with Gasteiger partial charge in [-0.3, -0.25) is 0 Å². The van der Waals surface area contributed by atoms with Crippen LogP contribution in [0, 0.1) is 11.3 Å². The third kappa shape index (κ3) is 3.54. The van der Waals surface area contributed by atoms with Gasteiger partial charge in [0.2, 0.25) is 0 Å². The smallest absolute Gasteiger partial charge is 0.318 e. The maximum absolute atomic E-state index is 12.5. The van der Waals surface area contributed by atoms with Crippen molar-refractivity contribution in [2.24, 2.45) is 0 Å². The summed E-state index contributed by atoms with van der Waals surface area (Å²) in [7, 11) is 1.62. The largest absolute Gasteiger partial charge is 0.497 e. The first-order chi connectivity index (χ1) is 13.7. The summed E-state index contributed by atoms with van der Waals surface area (Å²) >= 11 is 0. The average molecular weight is 379 g/mol. The molecule has 28 heavy (non-hydrogen) atoms. The lowest BCUT2D eigenvalue weighted by atomic mass is 9.73. The molecule has 0 saturated carbocycles. The molecule has 3 rings (SSSR count). The van der Waals surface area contributed by atoms with Crippen LogP contribution in [-0.2, 0) is 0 Å². The molecule has 2 N–H and O–H groups in total. The first-order valence-corrected chi connectivity index (χ1v) is 9.46. The molecule has 2 amide bonds. The SMILES string of the molecule is CCCNC(=O)N1[C@H](CO)[C@H](c2ccccc2-c2cccc(OC)c2)[C@@H]1C#N. The van der Waals surface area contributed by atoms with E-state index < -0.39 is 12.1 Å². The van der Waals surface area contributed by atoms with Crippen molar-refractivity contribution in [3.63, 3.8) is 0 Å². The Hall–Kier alpha value is -3.04. The van der Waals surface area contributed by atoms with E-state index in [0.717, 1.165) is 28.9 Å². The van der Waals surface area contributed by atoms with Gasteiger partial charge in [-0.1, -0.05) is 43.3 Å². The third-order valence-corrected chi connectivity index (χ3v) is 5.19. The van der Waals surface area contributed by atoms with Crippen LogP contribution in [-0.4, -0.2) is 48.4 Å². The van der Waals surface area contributed by atoms with Gasteiger partial charge in [0.25, 0.3) is 0 Å². The summed E-state index contributed by atoms with van der Waals surface area (Å²) in [5.41, 5.74) is 2.89. The van der Waals surface area contributed by atoms with Crippen molar-refractivity contribution in [3.05, 3.63) is 54.1 Å². The Balaban J connectivity index is 1.97. The van der Waals surface area contributed by atoms with E-state index in [4.69, 9.17) is 4.74 Å². The van der Waals surface area contributed by atoms with Crippen molar-refractivity contribution in [1.82, 2.24) is 10.2 Å². The van der Waals surface area contributed by atoms with Gasteiger partial charge in [-0.15, -0.1) is 0 Å². The molecule has 0 aliphatic carbocycles. The van der Waals surface area contributed by atoms with Crippen LogP contribution in [0.15, 0.2) is 48.5 Å². The van der Waals surface area contributed by atoms with Crippen LogP contribution in [0.25, 0.3) is 11.1 Å². The molecule has 2 aromatic carbocycles. The number of benzene rings is 2. The number of aliphatic hydroxyl groups is 1. The summed E-state index contributed by atoms with van der Waals surface area (Å²) in [5, 5.41) is 22.5. The molecular formula is C22H25N3O3. The molecule has 6 nitrogen and oxygen atoms in total. The van der Waals surface area contributed by atoms with Gasteiger partial charge >= 0.3 is 6.03 Å². The highest BCUT2D eigenvalue weighted by molar-refractivity contribution is 5.78. The number of carbonyl (C=O) groups excluding carboxylic acids is 1. The predicted octanol–water partition coefficient (Wildman–Crippen LogP) is 3.13. The van der Waals surface area contributed by atoms with Gasteiger partial charge in [0.05, 0.1) is 25.8 Å². The second kappa shape index (κ2) is 8.77. The third-order valence-electron chi connectivity index (χ3n) is 5.19.